The van der Waals surface area contributed by atoms with E-state index in [4.69, 9.17) is 4.98 Å². The minimum atomic E-state index is -1.26. The maximum atomic E-state index is 12.6. The summed E-state index contributed by atoms with van der Waals surface area (Å²) in [5.74, 6) is -0.503. The number of carboxylic acids is 1. The van der Waals surface area contributed by atoms with Crippen LogP contribution in [0.15, 0.2) is 34.7 Å². The number of anilines is 1. The van der Waals surface area contributed by atoms with Crippen LogP contribution in [0.3, 0.4) is 0 Å². The molecule has 10 heteroatoms. The van der Waals surface area contributed by atoms with Crippen molar-refractivity contribution < 1.29 is 9.90 Å². The van der Waals surface area contributed by atoms with Gasteiger partial charge in [0.1, 0.15) is 11.4 Å². The molecule has 0 spiro atoms. The van der Waals surface area contributed by atoms with E-state index in [-0.39, 0.29) is 23.4 Å². The van der Waals surface area contributed by atoms with Crippen molar-refractivity contribution >= 4 is 46.6 Å². The fourth-order valence-corrected chi connectivity index (χ4v) is 4.13. The van der Waals surface area contributed by atoms with Gasteiger partial charge in [0.2, 0.25) is 5.43 Å². The number of carbonyl (C=O) groups is 1. The van der Waals surface area contributed by atoms with Gasteiger partial charge in [0.25, 0.3) is 0 Å². The molecule has 1 aliphatic heterocycles. The molecule has 2 atom stereocenters. The van der Waals surface area contributed by atoms with E-state index in [0.29, 0.717) is 22.9 Å². The lowest BCUT2D eigenvalue weighted by atomic mass is 10.1. The molecule has 1 fully saturated rings. The zero-order valence-corrected chi connectivity index (χ0v) is 17.0. The van der Waals surface area contributed by atoms with E-state index in [1.54, 1.807) is 28.3 Å². The maximum absolute atomic E-state index is 12.6. The number of pyridine rings is 2. The van der Waals surface area contributed by atoms with Crippen molar-refractivity contribution in [3.63, 3.8) is 0 Å². The van der Waals surface area contributed by atoms with Crippen LogP contribution in [0.5, 0.6) is 0 Å². The van der Waals surface area contributed by atoms with Gasteiger partial charge in [-0.05, 0) is 26.0 Å². The highest BCUT2D eigenvalue weighted by molar-refractivity contribution is 7.12. The number of carboxylic acid groups (broad SMARTS) is 1. The van der Waals surface area contributed by atoms with Crippen molar-refractivity contribution in [2.24, 2.45) is 0 Å². The number of hydrogen-bond acceptors (Lipinski definition) is 7. The Balaban J connectivity index is 0.00000225. The van der Waals surface area contributed by atoms with Crippen molar-refractivity contribution in [1.29, 1.82) is 0 Å². The van der Waals surface area contributed by atoms with E-state index in [1.165, 1.54) is 17.5 Å². The molecular formula is C18H20ClN5O3S. The number of hydrogen-bond donors (Lipinski definition) is 2. The van der Waals surface area contributed by atoms with E-state index in [2.05, 4.69) is 29.0 Å². The molecule has 2 N–H and O–H groups in total. The number of nitrogens with one attached hydrogen (secondary N) is 1. The molecule has 28 heavy (non-hydrogen) atoms. The molecule has 0 radical (unpaired) electrons. The van der Waals surface area contributed by atoms with E-state index in [1.807, 2.05) is 0 Å². The van der Waals surface area contributed by atoms with E-state index in [9.17, 15) is 14.7 Å². The quantitative estimate of drug-likeness (QED) is 0.668. The van der Waals surface area contributed by atoms with Gasteiger partial charge in [-0.3, -0.25) is 9.36 Å². The van der Waals surface area contributed by atoms with Gasteiger partial charge in [0, 0.05) is 42.9 Å². The van der Waals surface area contributed by atoms with Crippen LogP contribution >= 0.6 is 23.7 Å². The Morgan fingerprint density at radius 1 is 1.29 bits per heavy atom. The molecule has 4 rings (SSSR count). The standard InChI is InChI=1S/C18H19N5O3S.ClH/c1-10-7-22(8-11(2)20-10)14-4-3-12-15(24)13(17(25)26)9-23(16(12)21-14)18-19-5-6-27-18;/h3-6,9-11,20H,7-8H2,1-2H3,(H,25,26);1H. The number of nitrogens with zero attached hydrogens (tertiary/aromatic N) is 4. The highest BCUT2D eigenvalue weighted by Gasteiger charge is 2.23. The molecule has 0 aliphatic carbocycles. The molecule has 0 saturated carbocycles. The van der Waals surface area contributed by atoms with Crippen LogP contribution in [0, 0.1) is 0 Å². The van der Waals surface area contributed by atoms with Gasteiger partial charge >= 0.3 is 5.97 Å². The number of halogens is 1. The fourth-order valence-electron chi connectivity index (χ4n) is 3.52. The lowest BCUT2D eigenvalue weighted by molar-refractivity contribution is 0.0695. The average molecular weight is 422 g/mol. The van der Waals surface area contributed by atoms with Crippen molar-refractivity contribution in [1.82, 2.24) is 19.9 Å². The van der Waals surface area contributed by atoms with Gasteiger partial charge in [-0.2, -0.15) is 0 Å². The molecule has 0 amide bonds. The van der Waals surface area contributed by atoms with Gasteiger partial charge < -0.3 is 15.3 Å². The van der Waals surface area contributed by atoms with Crippen molar-refractivity contribution in [2.75, 3.05) is 18.0 Å². The highest BCUT2D eigenvalue weighted by Crippen LogP contribution is 2.22. The lowest BCUT2D eigenvalue weighted by Gasteiger charge is -2.37. The van der Waals surface area contributed by atoms with Gasteiger partial charge in [-0.15, -0.1) is 23.7 Å². The van der Waals surface area contributed by atoms with E-state index < -0.39 is 11.4 Å². The number of thiazole rings is 1. The van der Waals surface area contributed by atoms with E-state index in [0.717, 1.165) is 18.9 Å². The maximum Gasteiger partial charge on any atom is 0.341 e. The summed E-state index contributed by atoms with van der Waals surface area (Å²) in [7, 11) is 0. The number of aromatic nitrogens is 3. The second kappa shape index (κ2) is 7.86. The fraction of sp³-hybridized carbons (Fsp3) is 0.333. The summed E-state index contributed by atoms with van der Waals surface area (Å²) >= 11 is 1.35. The summed E-state index contributed by atoms with van der Waals surface area (Å²) in [5, 5.41) is 15.5. The normalized spacial score (nSPS) is 19.4. The van der Waals surface area contributed by atoms with Crippen LogP contribution in [0.1, 0.15) is 24.2 Å². The molecule has 1 saturated heterocycles. The Morgan fingerprint density at radius 2 is 2.00 bits per heavy atom. The number of rotatable bonds is 3. The Morgan fingerprint density at radius 3 is 2.61 bits per heavy atom. The molecule has 3 aromatic heterocycles. The van der Waals surface area contributed by atoms with Gasteiger partial charge in [0.15, 0.2) is 10.8 Å². The predicted octanol–water partition coefficient (Wildman–Crippen LogP) is 2.15. The topological polar surface area (TPSA) is 100 Å². The summed E-state index contributed by atoms with van der Waals surface area (Å²) in [6, 6.07) is 4.09. The monoisotopic (exact) mass is 421 g/mol. The molecule has 3 aromatic rings. The second-order valence-corrected chi connectivity index (χ2v) is 7.65. The Labute approximate surface area is 171 Å². The number of fused-ring (bicyclic) bond motifs is 1. The third-order valence-corrected chi connectivity index (χ3v) is 5.34. The molecular weight excluding hydrogens is 402 g/mol. The first-order valence-corrected chi connectivity index (χ1v) is 9.52. The zero-order valence-electron chi connectivity index (χ0n) is 15.3. The van der Waals surface area contributed by atoms with Crippen LogP contribution in [0.4, 0.5) is 5.82 Å². The molecule has 1 aliphatic rings. The first kappa shape index (κ1) is 20.2. The van der Waals surface area contributed by atoms with Crippen LogP contribution < -0.4 is 15.6 Å². The minimum Gasteiger partial charge on any atom is -0.477 e. The third kappa shape index (κ3) is 3.60. The Hall–Kier alpha value is -2.49. The summed E-state index contributed by atoms with van der Waals surface area (Å²) in [6.45, 7) is 5.85. The Bertz CT molecular complexity index is 1060. The largest absolute Gasteiger partial charge is 0.477 e. The SMILES string of the molecule is CC1CN(c2ccc3c(=O)c(C(=O)O)cn(-c4nccs4)c3n2)CC(C)N1.Cl. The molecule has 8 nitrogen and oxygen atoms in total. The smallest absolute Gasteiger partial charge is 0.341 e. The predicted molar refractivity (Wildman–Crippen MR) is 111 cm³/mol. The molecule has 4 heterocycles. The number of aromatic carboxylic acids is 1. The van der Waals surface area contributed by atoms with Gasteiger partial charge in [-0.1, -0.05) is 0 Å². The minimum absolute atomic E-state index is 0. The van der Waals surface area contributed by atoms with Gasteiger partial charge in [0.05, 0.1) is 5.39 Å². The Kier molecular flexibility index (Phi) is 5.69. The van der Waals surface area contributed by atoms with Crippen LogP contribution in [-0.2, 0) is 0 Å². The molecule has 2 unspecified atom stereocenters. The summed E-state index contributed by atoms with van der Waals surface area (Å²) in [5.41, 5.74) is -0.417. The summed E-state index contributed by atoms with van der Waals surface area (Å²) in [6.07, 6.45) is 2.94. The van der Waals surface area contributed by atoms with Gasteiger partial charge in [-0.25, -0.2) is 14.8 Å². The first-order valence-electron chi connectivity index (χ1n) is 8.64. The van der Waals surface area contributed by atoms with Crippen molar-refractivity contribution in [2.45, 2.75) is 25.9 Å². The number of piperazine rings is 1. The molecule has 0 aromatic carbocycles. The van der Waals surface area contributed by atoms with Crippen molar-refractivity contribution in [3.8, 4) is 5.13 Å². The van der Waals surface area contributed by atoms with Crippen LogP contribution in [0.2, 0.25) is 0 Å². The molecule has 148 valence electrons. The lowest BCUT2D eigenvalue weighted by Crippen LogP contribution is -2.54. The van der Waals surface area contributed by atoms with Crippen LogP contribution in [0.25, 0.3) is 16.2 Å². The highest BCUT2D eigenvalue weighted by atomic mass is 35.5. The first-order chi connectivity index (χ1) is 12.9. The van der Waals surface area contributed by atoms with Crippen LogP contribution in [-0.4, -0.2) is 50.8 Å². The summed E-state index contributed by atoms with van der Waals surface area (Å²) < 4.78 is 1.59. The second-order valence-electron chi connectivity index (χ2n) is 6.78. The summed E-state index contributed by atoms with van der Waals surface area (Å²) in [4.78, 5) is 35.3. The third-order valence-electron chi connectivity index (χ3n) is 4.57. The zero-order chi connectivity index (χ0) is 19.1. The van der Waals surface area contributed by atoms with E-state index >= 15 is 0 Å². The molecule has 0 bridgehead atoms. The average Bonchev–Trinajstić information content (AvgIpc) is 3.15. The van der Waals surface area contributed by atoms with Crippen molar-refractivity contribution in [3.05, 3.63) is 45.7 Å².